The Morgan fingerprint density at radius 3 is 2.57 bits per heavy atom. The molecule has 2 amide bonds. The van der Waals surface area contributed by atoms with Crippen molar-refractivity contribution in [3.63, 3.8) is 0 Å². The molecular formula is C25H33N3O2. The van der Waals surface area contributed by atoms with Gasteiger partial charge in [0.1, 0.15) is 0 Å². The lowest BCUT2D eigenvalue weighted by Gasteiger charge is -2.30. The van der Waals surface area contributed by atoms with Crippen LogP contribution in [-0.2, 0) is 6.54 Å². The van der Waals surface area contributed by atoms with E-state index in [1.54, 1.807) is 18.2 Å². The lowest BCUT2D eigenvalue weighted by Crippen LogP contribution is -2.33. The van der Waals surface area contributed by atoms with Crippen molar-refractivity contribution in [3.8, 4) is 0 Å². The molecule has 5 heteroatoms. The van der Waals surface area contributed by atoms with Gasteiger partial charge in [0, 0.05) is 25.2 Å². The highest BCUT2D eigenvalue weighted by Crippen LogP contribution is 2.19. The number of unbranched alkanes of at least 4 members (excludes halogenated alkanes) is 1. The molecule has 2 aromatic carbocycles. The predicted molar refractivity (Wildman–Crippen MR) is 122 cm³/mol. The quantitative estimate of drug-likeness (QED) is 0.624. The van der Waals surface area contributed by atoms with Crippen LogP contribution in [0.5, 0.6) is 0 Å². The standard InChI is InChI=1S/C25H33N3O2/c1-3-4-15-26-25(30)22-9-5-6-10-23(22)27-24(29)21-13-11-20(12-14-21)18-28-16-7-8-19(2)17-28/h5-6,9-14,19H,3-4,7-8,15-18H2,1-2H3,(H,26,30)(H,27,29)/t19-/m0/s1. The molecule has 5 nitrogen and oxygen atoms in total. The molecule has 0 unspecified atom stereocenters. The second kappa shape index (κ2) is 10.9. The molecule has 2 N–H and O–H groups in total. The van der Waals surface area contributed by atoms with Crippen molar-refractivity contribution in [1.82, 2.24) is 10.2 Å². The van der Waals surface area contributed by atoms with Crippen LogP contribution in [0.3, 0.4) is 0 Å². The zero-order chi connectivity index (χ0) is 21.3. The molecule has 0 aromatic heterocycles. The molecule has 30 heavy (non-hydrogen) atoms. The highest BCUT2D eigenvalue weighted by molar-refractivity contribution is 6.09. The largest absolute Gasteiger partial charge is 0.352 e. The third-order valence-corrected chi connectivity index (χ3v) is 5.60. The molecule has 2 aromatic rings. The number of benzene rings is 2. The Labute approximate surface area is 179 Å². The van der Waals surface area contributed by atoms with Crippen LogP contribution in [0, 0.1) is 5.92 Å². The molecule has 1 aliphatic heterocycles. The summed E-state index contributed by atoms with van der Waals surface area (Å²) in [5.74, 6) is 0.385. The Hall–Kier alpha value is -2.66. The van der Waals surface area contributed by atoms with Gasteiger partial charge in [0.15, 0.2) is 0 Å². The van der Waals surface area contributed by atoms with Gasteiger partial charge in [-0.3, -0.25) is 14.5 Å². The number of carbonyl (C=O) groups excluding carboxylic acids is 2. The van der Waals surface area contributed by atoms with Crippen molar-refractivity contribution < 1.29 is 9.59 Å². The number of carbonyl (C=O) groups is 2. The molecular weight excluding hydrogens is 374 g/mol. The minimum atomic E-state index is -0.207. The monoisotopic (exact) mass is 407 g/mol. The minimum Gasteiger partial charge on any atom is -0.352 e. The molecule has 160 valence electrons. The second-order valence-corrected chi connectivity index (χ2v) is 8.29. The fourth-order valence-corrected chi connectivity index (χ4v) is 3.91. The van der Waals surface area contributed by atoms with Crippen molar-refractivity contribution in [1.29, 1.82) is 0 Å². The average Bonchev–Trinajstić information content (AvgIpc) is 2.75. The highest BCUT2D eigenvalue weighted by atomic mass is 16.2. The predicted octanol–water partition coefficient (Wildman–Crippen LogP) is 4.70. The smallest absolute Gasteiger partial charge is 0.255 e. The molecule has 1 aliphatic rings. The van der Waals surface area contributed by atoms with Crippen LogP contribution in [0.15, 0.2) is 48.5 Å². The fourth-order valence-electron chi connectivity index (χ4n) is 3.91. The summed E-state index contributed by atoms with van der Waals surface area (Å²) in [5, 5.41) is 5.80. The third kappa shape index (κ3) is 6.17. The molecule has 0 radical (unpaired) electrons. The van der Waals surface area contributed by atoms with Crippen molar-refractivity contribution in [2.75, 3.05) is 25.0 Å². The fraction of sp³-hybridized carbons (Fsp3) is 0.440. The van der Waals surface area contributed by atoms with Gasteiger partial charge in [-0.2, -0.15) is 0 Å². The Morgan fingerprint density at radius 2 is 1.83 bits per heavy atom. The molecule has 1 heterocycles. The number of piperidine rings is 1. The Morgan fingerprint density at radius 1 is 1.07 bits per heavy atom. The summed E-state index contributed by atoms with van der Waals surface area (Å²) in [4.78, 5) is 27.7. The van der Waals surface area contributed by atoms with E-state index >= 15 is 0 Å². The van der Waals surface area contributed by atoms with Gasteiger partial charge in [-0.25, -0.2) is 0 Å². The molecule has 1 atom stereocenters. The van der Waals surface area contributed by atoms with E-state index in [9.17, 15) is 9.59 Å². The number of anilines is 1. The van der Waals surface area contributed by atoms with Crippen LogP contribution < -0.4 is 10.6 Å². The van der Waals surface area contributed by atoms with Crippen LogP contribution in [0.2, 0.25) is 0 Å². The summed E-state index contributed by atoms with van der Waals surface area (Å²) in [6, 6.07) is 14.9. The lowest BCUT2D eigenvalue weighted by atomic mass is 9.99. The molecule has 0 bridgehead atoms. The van der Waals surface area contributed by atoms with Gasteiger partial charge in [0.05, 0.1) is 11.3 Å². The first-order valence-electron chi connectivity index (χ1n) is 11.1. The zero-order valence-corrected chi connectivity index (χ0v) is 18.1. The zero-order valence-electron chi connectivity index (χ0n) is 18.1. The Balaban J connectivity index is 1.61. The maximum absolute atomic E-state index is 12.7. The van der Waals surface area contributed by atoms with E-state index in [-0.39, 0.29) is 11.8 Å². The number of hydrogen-bond acceptors (Lipinski definition) is 3. The first-order valence-corrected chi connectivity index (χ1v) is 11.1. The normalized spacial score (nSPS) is 16.8. The summed E-state index contributed by atoms with van der Waals surface area (Å²) in [6.45, 7) is 8.23. The number of nitrogens with zero attached hydrogens (tertiary/aromatic N) is 1. The number of amides is 2. The molecule has 0 aliphatic carbocycles. The maximum atomic E-state index is 12.7. The first kappa shape index (κ1) is 22.0. The van der Waals surface area contributed by atoms with Gasteiger partial charge < -0.3 is 10.6 Å². The van der Waals surface area contributed by atoms with Gasteiger partial charge >= 0.3 is 0 Å². The van der Waals surface area contributed by atoms with Gasteiger partial charge in [-0.05, 0) is 61.6 Å². The van der Waals surface area contributed by atoms with Gasteiger partial charge in [0.2, 0.25) is 0 Å². The van der Waals surface area contributed by atoms with Crippen molar-refractivity contribution in [3.05, 3.63) is 65.2 Å². The van der Waals surface area contributed by atoms with E-state index in [4.69, 9.17) is 0 Å². The Bertz CT molecular complexity index is 848. The van der Waals surface area contributed by atoms with E-state index in [1.165, 1.54) is 18.4 Å². The Kier molecular flexibility index (Phi) is 8.03. The van der Waals surface area contributed by atoms with Gasteiger partial charge in [-0.15, -0.1) is 0 Å². The van der Waals surface area contributed by atoms with Crippen molar-refractivity contribution in [2.45, 2.75) is 46.1 Å². The van der Waals surface area contributed by atoms with E-state index < -0.39 is 0 Å². The summed E-state index contributed by atoms with van der Waals surface area (Å²) >= 11 is 0. The van der Waals surface area contributed by atoms with E-state index in [0.29, 0.717) is 23.4 Å². The summed E-state index contributed by atoms with van der Waals surface area (Å²) < 4.78 is 0. The lowest BCUT2D eigenvalue weighted by molar-refractivity contribution is 0.0954. The number of nitrogens with one attached hydrogen (secondary N) is 2. The summed E-state index contributed by atoms with van der Waals surface area (Å²) in [6.07, 6.45) is 4.52. The number of hydrogen-bond donors (Lipinski definition) is 2. The topological polar surface area (TPSA) is 61.4 Å². The summed E-state index contributed by atoms with van der Waals surface area (Å²) in [5.41, 5.74) is 2.82. The average molecular weight is 408 g/mol. The number of likely N-dealkylation sites (tertiary alicyclic amines) is 1. The maximum Gasteiger partial charge on any atom is 0.255 e. The van der Waals surface area contributed by atoms with Gasteiger partial charge in [-0.1, -0.05) is 44.5 Å². The summed E-state index contributed by atoms with van der Waals surface area (Å²) in [7, 11) is 0. The highest BCUT2D eigenvalue weighted by Gasteiger charge is 2.17. The van der Waals surface area contributed by atoms with Gasteiger partial charge in [0.25, 0.3) is 11.8 Å². The molecule has 1 fully saturated rings. The third-order valence-electron chi connectivity index (χ3n) is 5.60. The minimum absolute atomic E-state index is 0.162. The number of rotatable bonds is 8. The van der Waals surface area contributed by atoms with E-state index in [2.05, 4.69) is 29.4 Å². The molecule has 1 saturated heterocycles. The first-order chi connectivity index (χ1) is 14.6. The van der Waals surface area contributed by atoms with Crippen LogP contribution in [0.25, 0.3) is 0 Å². The molecule has 3 rings (SSSR count). The van der Waals surface area contributed by atoms with Crippen molar-refractivity contribution in [2.24, 2.45) is 5.92 Å². The van der Waals surface area contributed by atoms with Crippen molar-refractivity contribution >= 4 is 17.5 Å². The van der Waals surface area contributed by atoms with Crippen LogP contribution in [0.1, 0.15) is 65.8 Å². The number of para-hydroxylation sites is 1. The molecule has 0 saturated carbocycles. The molecule has 0 spiro atoms. The van der Waals surface area contributed by atoms with Crippen LogP contribution in [0.4, 0.5) is 5.69 Å². The van der Waals surface area contributed by atoms with Crippen LogP contribution >= 0.6 is 0 Å². The van der Waals surface area contributed by atoms with E-state index in [1.807, 2.05) is 30.3 Å². The second-order valence-electron chi connectivity index (χ2n) is 8.29. The SMILES string of the molecule is CCCCNC(=O)c1ccccc1NC(=O)c1ccc(CN2CCC[C@H](C)C2)cc1. The van der Waals surface area contributed by atoms with E-state index in [0.717, 1.165) is 38.4 Å². The van der Waals surface area contributed by atoms with Crippen LogP contribution in [-0.4, -0.2) is 36.3 Å².